The standard InChI is InChI=1S/C14H18FN5/c1-2-11-13(15)14(19-9-18-11)17-7-10-3-4-12-16-5-6-20(12)8-10/h5-6,9-10H,2-4,7-8H2,1H3,(H,17,18,19). The second kappa shape index (κ2) is 5.56. The molecular formula is C14H18FN5. The summed E-state index contributed by atoms with van der Waals surface area (Å²) in [5, 5.41) is 3.12. The molecule has 1 N–H and O–H groups in total. The van der Waals surface area contributed by atoms with Crippen LogP contribution in [0.1, 0.15) is 24.9 Å². The fourth-order valence-corrected chi connectivity index (χ4v) is 2.62. The third-order valence-electron chi connectivity index (χ3n) is 3.79. The summed E-state index contributed by atoms with van der Waals surface area (Å²) < 4.78 is 16.2. The first kappa shape index (κ1) is 13.0. The zero-order valence-electron chi connectivity index (χ0n) is 11.5. The molecule has 0 radical (unpaired) electrons. The van der Waals surface area contributed by atoms with Crippen molar-refractivity contribution in [1.82, 2.24) is 19.5 Å². The van der Waals surface area contributed by atoms with Crippen molar-refractivity contribution in [2.75, 3.05) is 11.9 Å². The molecule has 2 aromatic rings. The molecule has 1 aliphatic rings. The molecule has 0 amide bonds. The van der Waals surface area contributed by atoms with E-state index in [2.05, 4.69) is 24.8 Å². The van der Waals surface area contributed by atoms with Gasteiger partial charge in [0, 0.05) is 31.9 Å². The number of rotatable bonds is 4. The molecule has 0 fully saturated rings. The summed E-state index contributed by atoms with van der Waals surface area (Å²) in [5.41, 5.74) is 0.461. The Hall–Kier alpha value is -1.98. The fraction of sp³-hybridized carbons (Fsp3) is 0.500. The Morgan fingerprint density at radius 1 is 1.40 bits per heavy atom. The highest BCUT2D eigenvalue weighted by molar-refractivity contribution is 5.37. The van der Waals surface area contributed by atoms with Crippen LogP contribution in [0, 0.1) is 11.7 Å². The van der Waals surface area contributed by atoms with Crippen LogP contribution in [0.25, 0.3) is 0 Å². The number of aryl methyl sites for hydroxylation is 2. The molecule has 0 saturated carbocycles. The van der Waals surface area contributed by atoms with Crippen molar-refractivity contribution in [2.45, 2.75) is 32.7 Å². The number of imidazole rings is 1. The Morgan fingerprint density at radius 2 is 2.30 bits per heavy atom. The van der Waals surface area contributed by atoms with Crippen LogP contribution in [-0.4, -0.2) is 26.1 Å². The van der Waals surface area contributed by atoms with Gasteiger partial charge >= 0.3 is 0 Å². The van der Waals surface area contributed by atoms with Crippen LogP contribution in [0.2, 0.25) is 0 Å². The van der Waals surface area contributed by atoms with E-state index in [4.69, 9.17) is 0 Å². The number of halogens is 1. The Labute approximate surface area is 117 Å². The molecule has 0 spiro atoms. The summed E-state index contributed by atoms with van der Waals surface area (Å²) in [5.74, 6) is 1.60. The number of nitrogens with zero attached hydrogens (tertiary/aromatic N) is 4. The van der Waals surface area contributed by atoms with Gasteiger partial charge < -0.3 is 9.88 Å². The maximum atomic E-state index is 14.0. The molecule has 106 valence electrons. The number of hydrogen-bond donors (Lipinski definition) is 1. The lowest BCUT2D eigenvalue weighted by molar-refractivity contribution is 0.380. The van der Waals surface area contributed by atoms with Gasteiger partial charge in [-0.05, 0) is 18.8 Å². The second-order valence-electron chi connectivity index (χ2n) is 5.12. The highest BCUT2D eigenvalue weighted by Crippen LogP contribution is 2.20. The van der Waals surface area contributed by atoms with Crippen molar-refractivity contribution in [3.05, 3.63) is 36.1 Å². The maximum Gasteiger partial charge on any atom is 0.186 e. The number of nitrogens with one attached hydrogen (secondary N) is 1. The highest BCUT2D eigenvalue weighted by atomic mass is 19.1. The van der Waals surface area contributed by atoms with Crippen LogP contribution in [0.4, 0.5) is 10.2 Å². The minimum Gasteiger partial charge on any atom is -0.367 e. The Kier molecular flexibility index (Phi) is 3.62. The highest BCUT2D eigenvalue weighted by Gasteiger charge is 2.19. The van der Waals surface area contributed by atoms with Gasteiger partial charge in [-0.25, -0.2) is 19.3 Å². The minimum atomic E-state index is -0.325. The fourth-order valence-electron chi connectivity index (χ4n) is 2.62. The predicted octanol–water partition coefficient (Wildman–Crippen LogP) is 2.05. The molecule has 20 heavy (non-hydrogen) atoms. The van der Waals surface area contributed by atoms with E-state index in [-0.39, 0.29) is 5.82 Å². The molecule has 0 aliphatic carbocycles. The van der Waals surface area contributed by atoms with Gasteiger partial charge in [0.1, 0.15) is 12.2 Å². The van der Waals surface area contributed by atoms with Crippen molar-refractivity contribution >= 4 is 5.82 Å². The number of hydrogen-bond acceptors (Lipinski definition) is 4. The van der Waals surface area contributed by atoms with E-state index >= 15 is 0 Å². The van der Waals surface area contributed by atoms with Gasteiger partial charge in [-0.15, -0.1) is 0 Å². The summed E-state index contributed by atoms with van der Waals surface area (Å²) >= 11 is 0. The maximum absolute atomic E-state index is 14.0. The quantitative estimate of drug-likeness (QED) is 0.928. The van der Waals surface area contributed by atoms with E-state index < -0.39 is 0 Å². The lowest BCUT2D eigenvalue weighted by Gasteiger charge is -2.24. The Morgan fingerprint density at radius 3 is 3.15 bits per heavy atom. The molecule has 0 saturated heterocycles. The third kappa shape index (κ3) is 2.50. The van der Waals surface area contributed by atoms with Crippen LogP contribution in [0.3, 0.4) is 0 Å². The number of aromatic nitrogens is 4. The van der Waals surface area contributed by atoms with Crippen molar-refractivity contribution in [3.8, 4) is 0 Å². The van der Waals surface area contributed by atoms with E-state index in [0.29, 0.717) is 30.4 Å². The summed E-state index contributed by atoms with van der Waals surface area (Å²) in [4.78, 5) is 12.2. The smallest absolute Gasteiger partial charge is 0.186 e. The van der Waals surface area contributed by atoms with E-state index in [0.717, 1.165) is 25.2 Å². The van der Waals surface area contributed by atoms with Gasteiger partial charge in [0.2, 0.25) is 0 Å². The Bertz CT molecular complexity index is 595. The van der Waals surface area contributed by atoms with Gasteiger partial charge in [-0.1, -0.05) is 6.92 Å². The predicted molar refractivity (Wildman–Crippen MR) is 73.9 cm³/mol. The lowest BCUT2D eigenvalue weighted by Crippen LogP contribution is -2.26. The third-order valence-corrected chi connectivity index (χ3v) is 3.79. The van der Waals surface area contributed by atoms with Gasteiger partial charge in [0.05, 0.1) is 5.69 Å². The summed E-state index contributed by atoms with van der Waals surface area (Å²) in [6.45, 7) is 3.53. The number of anilines is 1. The second-order valence-corrected chi connectivity index (χ2v) is 5.12. The largest absolute Gasteiger partial charge is 0.367 e. The molecule has 2 aromatic heterocycles. The molecule has 0 aromatic carbocycles. The molecule has 1 unspecified atom stereocenters. The average Bonchev–Trinajstić information content (AvgIpc) is 2.93. The molecular weight excluding hydrogens is 257 g/mol. The molecule has 3 rings (SSSR count). The van der Waals surface area contributed by atoms with Gasteiger partial charge in [0.15, 0.2) is 11.6 Å². The molecule has 1 aliphatic heterocycles. The van der Waals surface area contributed by atoms with Gasteiger partial charge in [-0.2, -0.15) is 0 Å². The van der Waals surface area contributed by atoms with Crippen molar-refractivity contribution in [3.63, 3.8) is 0 Å². The van der Waals surface area contributed by atoms with E-state index in [1.54, 1.807) is 0 Å². The van der Waals surface area contributed by atoms with Crippen molar-refractivity contribution in [2.24, 2.45) is 5.92 Å². The molecule has 5 nitrogen and oxygen atoms in total. The van der Waals surface area contributed by atoms with Crippen molar-refractivity contribution < 1.29 is 4.39 Å². The monoisotopic (exact) mass is 275 g/mol. The zero-order chi connectivity index (χ0) is 13.9. The molecule has 6 heteroatoms. The summed E-state index contributed by atoms with van der Waals surface area (Å²) in [6.07, 6.45) is 7.87. The van der Waals surface area contributed by atoms with E-state index in [1.807, 2.05) is 19.3 Å². The summed E-state index contributed by atoms with van der Waals surface area (Å²) in [7, 11) is 0. The van der Waals surface area contributed by atoms with Crippen LogP contribution in [0.5, 0.6) is 0 Å². The first-order chi connectivity index (χ1) is 9.78. The molecule has 3 heterocycles. The first-order valence-corrected chi connectivity index (χ1v) is 7.01. The first-order valence-electron chi connectivity index (χ1n) is 7.01. The lowest BCUT2D eigenvalue weighted by atomic mass is 9.99. The zero-order valence-corrected chi connectivity index (χ0v) is 11.5. The topological polar surface area (TPSA) is 55.6 Å². The minimum absolute atomic E-state index is 0.313. The summed E-state index contributed by atoms with van der Waals surface area (Å²) in [6, 6.07) is 0. The Balaban J connectivity index is 1.63. The van der Waals surface area contributed by atoms with Crippen LogP contribution < -0.4 is 5.32 Å². The SMILES string of the molecule is CCc1ncnc(NCC2CCc3nccn3C2)c1F. The average molecular weight is 275 g/mol. The van der Waals surface area contributed by atoms with Gasteiger partial charge in [0.25, 0.3) is 0 Å². The van der Waals surface area contributed by atoms with Crippen LogP contribution in [0.15, 0.2) is 18.7 Å². The molecule has 0 bridgehead atoms. The number of fused-ring (bicyclic) bond motifs is 1. The van der Waals surface area contributed by atoms with E-state index in [9.17, 15) is 4.39 Å². The molecule has 1 atom stereocenters. The van der Waals surface area contributed by atoms with E-state index in [1.165, 1.54) is 6.33 Å². The van der Waals surface area contributed by atoms with Gasteiger partial charge in [-0.3, -0.25) is 0 Å². The van der Waals surface area contributed by atoms with Crippen LogP contribution >= 0.6 is 0 Å². The van der Waals surface area contributed by atoms with Crippen molar-refractivity contribution in [1.29, 1.82) is 0 Å². The van der Waals surface area contributed by atoms with Crippen LogP contribution in [-0.2, 0) is 19.4 Å². The normalized spacial score (nSPS) is 17.8.